The Bertz CT molecular complexity index is 7220. The van der Waals surface area contributed by atoms with Gasteiger partial charge in [0.15, 0.2) is 0 Å². The smallest absolute Gasteiger partial charge is 0.0869 e. The molecule has 304 valence electrons. The van der Waals surface area contributed by atoms with Gasteiger partial charge in [0.1, 0.15) is 0 Å². The maximum atomic E-state index is 4.75. The van der Waals surface area contributed by atoms with Crippen LogP contribution in [-0.2, 0) is 10.8 Å². The SMILES string of the molecule is [NH3+]CCN1CC23c4c5c6c7c8c9c(c%10c%11c2c2c4c4c%12c5c5c6c6c8c8c%13c9c9c%10c%10c%11c%11c2c2c4c4c%12c%12c5c5c6c8c6c8c%13c9c9c%10c%10c%11c2c2c4c4c%12c5c6c5c8c9c%10c2c45)C73C1c1ccccc1. The molecule has 5 aliphatic rings. The highest BCUT2D eigenvalue weighted by Crippen LogP contribution is 2.87. The number of likely N-dealkylation sites (tertiary alicyclic amines) is 1. The van der Waals surface area contributed by atoms with E-state index in [1.54, 1.807) is 313 Å². The molecule has 29 aromatic carbocycles. The zero-order valence-corrected chi connectivity index (χ0v) is 37.2. The lowest BCUT2D eigenvalue weighted by atomic mass is 9.47. The highest BCUT2D eigenvalue weighted by atomic mass is 15.2. The molecule has 0 amide bonds. The molecule has 1 fully saturated rings. The van der Waals surface area contributed by atoms with Crippen molar-refractivity contribution in [3.63, 3.8) is 0 Å². The van der Waals surface area contributed by atoms with Gasteiger partial charge in [-0.1, -0.05) is 30.3 Å². The van der Waals surface area contributed by atoms with Gasteiger partial charge in [-0.2, -0.15) is 0 Å². The van der Waals surface area contributed by atoms with E-state index in [4.69, 9.17) is 5.73 Å². The van der Waals surface area contributed by atoms with Crippen LogP contribution in [0.3, 0.4) is 0 Å². The van der Waals surface area contributed by atoms with Crippen molar-refractivity contribution in [3.8, 4) is 0 Å². The van der Waals surface area contributed by atoms with E-state index in [0.29, 0.717) is 0 Å². The van der Waals surface area contributed by atoms with Crippen molar-refractivity contribution in [1.29, 1.82) is 0 Å². The number of benzene rings is 19. The summed E-state index contributed by atoms with van der Waals surface area (Å²) in [6, 6.07) is 12.3. The standard InChI is InChI=1S/C70H14N2/c71-6-7-72-8-69-64-56-48-38-28-20-12-10-11-14-18-16(12)24-32-26(18)36-30-22(14)23-15(11)19-17-13(10)21(20)29-35-25(17)33-27(19)37-31(23)41-40(30)52-46(36)54-44(32)50(42(48)34(24)28)58(64)60(54)66-62(52)63-53(41)47(37)55-45(33)51-43(35)49(39(29)38)57(56)65(69)59(51)61(55)67(63)70(66,69)68(72)9-4-2-1-3-5-9/h1-5,68H,6-8,71H2/p+1. The Morgan fingerprint density at radius 3 is 0.722 bits per heavy atom. The summed E-state index contributed by atoms with van der Waals surface area (Å²) in [5.41, 5.74) is 12.8. The minimum Gasteiger partial charge on any atom is -0.356 e. The first-order valence-electron chi connectivity index (χ1n) is 27.2. The van der Waals surface area contributed by atoms with Crippen LogP contribution >= 0.6 is 0 Å². The van der Waals surface area contributed by atoms with E-state index in [2.05, 4.69) is 35.2 Å². The second kappa shape index (κ2) is 6.27. The Hall–Kier alpha value is -8.40. The average Bonchev–Trinajstić information content (AvgIpc) is 4.36. The number of hydrogen-bond acceptors (Lipinski definition) is 1. The number of nitrogens with zero attached hydrogens (tertiary/aromatic N) is 1. The number of hydrogen-bond donors (Lipinski definition) is 1. The third-order valence-electron chi connectivity index (χ3n) is 26.3. The summed E-state index contributed by atoms with van der Waals surface area (Å²) >= 11 is 0. The highest BCUT2D eigenvalue weighted by molar-refractivity contribution is 6.82. The summed E-state index contributed by atoms with van der Waals surface area (Å²) in [6.45, 7) is 2.97. The largest absolute Gasteiger partial charge is 0.356 e. The van der Waals surface area contributed by atoms with Gasteiger partial charge < -0.3 is 5.73 Å². The minimum atomic E-state index is -0.311. The van der Waals surface area contributed by atoms with E-state index >= 15 is 0 Å². The molecule has 0 bridgehead atoms. The maximum absolute atomic E-state index is 4.75. The van der Waals surface area contributed by atoms with Crippen molar-refractivity contribution in [1.82, 2.24) is 4.90 Å². The molecule has 29 aromatic rings. The van der Waals surface area contributed by atoms with E-state index in [9.17, 15) is 0 Å². The number of rotatable bonds is 3. The van der Waals surface area contributed by atoms with Crippen molar-refractivity contribution in [2.24, 2.45) is 0 Å². The molecule has 72 heavy (non-hydrogen) atoms. The summed E-state index contributed by atoms with van der Waals surface area (Å²) in [4.78, 5) is 3.06. The van der Waals surface area contributed by atoms with Crippen molar-refractivity contribution >= 4 is 291 Å². The Kier molecular flexibility index (Phi) is 2.38. The molecule has 3 N–H and O–H groups in total. The molecule has 4 aliphatic carbocycles. The third kappa shape index (κ3) is 1.45. The number of quaternary nitrogens is 1. The summed E-state index contributed by atoms with van der Waals surface area (Å²) in [6.07, 6.45) is 0. The quantitative estimate of drug-likeness (QED) is 0.176. The van der Waals surface area contributed by atoms with E-state index in [1.807, 2.05) is 0 Å². The Balaban J connectivity index is 1.16. The van der Waals surface area contributed by atoms with E-state index in [-0.39, 0.29) is 16.9 Å². The van der Waals surface area contributed by atoms with Crippen LogP contribution in [0.5, 0.6) is 0 Å². The molecule has 2 spiro atoms. The average molecular weight is 884 g/mol. The van der Waals surface area contributed by atoms with Gasteiger partial charge in [-0.25, -0.2) is 0 Å². The molecule has 0 radical (unpaired) electrons. The van der Waals surface area contributed by atoms with Gasteiger partial charge in [-0.15, -0.1) is 0 Å². The van der Waals surface area contributed by atoms with E-state index < -0.39 is 0 Å². The van der Waals surface area contributed by atoms with Gasteiger partial charge in [0.25, 0.3) is 0 Å². The lowest BCUT2D eigenvalue weighted by molar-refractivity contribution is -0.369. The van der Waals surface area contributed by atoms with Gasteiger partial charge in [-0.3, -0.25) is 4.90 Å². The minimum absolute atomic E-state index is 0.177. The Labute approximate surface area is 394 Å². The van der Waals surface area contributed by atoms with Crippen molar-refractivity contribution in [2.75, 3.05) is 19.6 Å². The molecule has 0 saturated carbocycles. The van der Waals surface area contributed by atoms with Gasteiger partial charge in [0.05, 0.1) is 23.4 Å². The van der Waals surface area contributed by atoms with Gasteiger partial charge in [0.2, 0.25) is 0 Å². The predicted octanol–water partition coefficient (Wildman–Crippen LogP) is 16.6. The summed E-state index contributed by atoms with van der Waals surface area (Å²) < 4.78 is 0. The molecule has 1 unspecified atom stereocenters. The molecule has 34 rings (SSSR count). The van der Waals surface area contributed by atoms with Gasteiger partial charge in [-0.05, 0) is 319 Å². The second-order valence-corrected chi connectivity index (χ2v) is 26.6. The molecule has 0 aromatic heterocycles. The van der Waals surface area contributed by atoms with Crippen molar-refractivity contribution in [2.45, 2.75) is 16.9 Å². The van der Waals surface area contributed by atoms with Crippen LogP contribution in [0.25, 0.3) is 291 Å². The first-order valence-corrected chi connectivity index (χ1v) is 27.2. The Morgan fingerprint density at radius 2 is 0.500 bits per heavy atom. The van der Waals surface area contributed by atoms with Crippen LogP contribution < -0.4 is 5.73 Å². The van der Waals surface area contributed by atoms with E-state index in [1.165, 1.54) is 5.56 Å². The molecule has 2 heteroatoms. The zero-order valence-electron chi connectivity index (χ0n) is 37.2. The Morgan fingerprint density at radius 1 is 0.292 bits per heavy atom. The first-order chi connectivity index (χ1) is 35.9. The van der Waals surface area contributed by atoms with Crippen LogP contribution in [0.1, 0.15) is 33.9 Å². The second-order valence-electron chi connectivity index (χ2n) is 26.6. The van der Waals surface area contributed by atoms with Gasteiger partial charge in [0, 0.05) is 13.1 Å². The predicted molar refractivity (Wildman–Crippen MR) is 302 cm³/mol. The summed E-state index contributed by atoms with van der Waals surface area (Å²) in [5, 5.41) is 90.5. The normalized spacial score (nSPS) is 23.6. The highest BCUT2D eigenvalue weighted by Gasteiger charge is 2.76. The molecule has 1 aliphatic heterocycles. The molecule has 1 saturated heterocycles. The fourth-order valence-electron chi connectivity index (χ4n) is 26.4. The van der Waals surface area contributed by atoms with Crippen LogP contribution in [0.4, 0.5) is 0 Å². The molecule has 2 nitrogen and oxygen atoms in total. The van der Waals surface area contributed by atoms with Crippen molar-refractivity contribution in [3.05, 3.63) is 58.1 Å². The molecular weight excluding hydrogens is 869 g/mol. The molecular formula is C70H15N2+. The fourth-order valence-corrected chi connectivity index (χ4v) is 26.4. The van der Waals surface area contributed by atoms with Crippen LogP contribution in [0, 0.1) is 0 Å². The van der Waals surface area contributed by atoms with Crippen molar-refractivity contribution < 1.29 is 5.73 Å². The molecule has 1 heterocycles. The first kappa shape index (κ1) is 27.3. The summed E-state index contributed by atoms with van der Waals surface area (Å²) in [5.74, 6) is 0. The van der Waals surface area contributed by atoms with E-state index in [0.717, 1.165) is 19.6 Å². The molecule has 1 atom stereocenters. The summed E-state index contributed by atoms with van der Waals surface area (Å²) in [7, 11) is 0. The maximum Gasteiger partial charge on any atom is 0.0869 e. The lowest BCUT2D eigenvalue weighted by Crippen LogP contribution is -2.55. The fraction of sp³-hybridized carbons (Fsp3) is 0.0857. The monoisotopic (exact) mass is 883 g/mol. The topological polar surface area (TPSA) is 30.9 Å². The van der Waals surface area contributed by atoms with Crippen LogP contribution in [0.15, 0.2) is 30.3 Å². The third-order valence-corrected chi connectivity index (χ3v) is 26.3. The van der Waals surface area contributed by atoms with Gasteiger partial charge >= 0.3 is 0 Å². The van der Waals surface area contributed by atoms with Crippen LogP contribution in [0.2, 0.25) is 0 Å². The zero-order chi connectivity index (χ0) is 42.9. The van der Waals surface area contributed by atoms with Crippen LogP contribution in [-0.4, -0.2) is 24.5 Å². The lowest BCUT2D eigenvalue weighted by Gasteiger charge is -2.52.